The minimum atomic E-state index is -3.83. The number of benzene rings is 2. The van der Waals surface area contributed by atoms with Crippen LogP contribution in [0.4, 0.5) is 22.4 Å². The number of halogens is 5. The van der Waals surface area contributed by atoms with Crippen LogP contribution >= 0.6 is 11.6 Å². The first kappa shape index (κ1) is 34.7. The molecule has 15 heteroatoms. The van der Waals surface area contributed by atoms with Gasteiger partial charge in [0.1, 0.15) is 6.04 Å². The van der Waals surface area contributed by atoms with Crippen LogP contribution in [0.2, 0.25) is 5.02 Å². The Hall–Kier alpha value is -4.20. The molecule has 2 fully saturated rings. The molecule has 10 nitrogen and oxygen atoms in total. The summed E-state index contributed by atoms with van der Waals surface area (Å²) in [5.74, 6) is -8.14. The van der Waals surface area contributed by atoms with Crippen molar-refractivity contribution in [3.05, 3.63) is 70.7 Å². The minimum absolute atomic E-state index is 0.00201. The highest BCUT2D eigenvalue weighted by molar-refractivity contribution is 6.38. The van der Waals surface area contributed by atoms with Crippen molar-refractivity contribution in [2.24, 2.45) is 5.92 Å². The van der Waals surface area contributed by atoms with Gasteiger partial charge in [0, 0.05) is 35.5 Å². The molecule has 4 rings (SSSR count). The van der Waals surface area contributed by atoms with E-state index in [-0.39, 0.29) is 23.0 Å². The highest BCUT2D eigenvalue weighted by Crippen LogP contribution is 2.43. The zero-order valence-corrected chi connectivity index (χ0v) is 25.2. The van der Waals surface area contributed by atoms with Crippen LogP contribution in [0.25, 0.3) is 0 Å². The maximum atomic E-state index is 15.8. The molecule has 46 heavy (non-hydrogen) atoms. The predicted molar refractivity (Wildman–Crippen MR) is 157 cm³/mol. The molecule has 4 N–H and O–H groups in total. The molecule has 2 aromatic rings. The number of hydrogen-bond donors (Lipinski definition) is 4. The van der Waals surface area contributed by atoms with Crippen molar-refractivity contribution in [1.29, 1.82) is 0 Å². The zero-order valence-electron chi connectivity index (χ0n) is 24.4. The Balaban J connectivity index is 1.54. The van der Waals surface area contributed by atoms with Gasteiger partial charge in [0.2, 0.25) is 24.0 Å². The number of rotatable bonds is 15. The van der Waals surface area contributed by atoms with Crippen LogP contribution in [0, 0.1) is 5.92 Å². The van der Waals surface area contributed by atoms with E-state index in [9.17, 15) is 32.8 Å². The molecule has 0 bridgehead atoms. The van der Waals surface area contributed by atoms with Gasteiger partial charge in [-0.1, -0.05) is 54.1 Å². The van der Waals surface area contributed by atoms with Gasteiger partial charge >= 0.3 is 12.0 Å². The van der Waals surface area contributed by atoms with E-state index in [4.69, 9.17) is 16.3 Å². The summed E-state index contributed by atoms with van der Waals surface area (Å²) >= 11 is 5.91. The van der Waals surface area contributed by atoms with Gasteiger partial charge in [0.05, 0.1) is 6.04 Å². The molecule has 1 aliphatic heterocycles. The van der Waals surface area contributed by atoms with Crippen molar-refractivity contribution in [2.75, 3.05) is 6.54 Å². The van der Waals surface area contributed by atoms with Gasteiger partial charge < -0.3 is 26.0 Å². The molecule has 0 spiro atoms. The maximum absolute atomic E-state index is 15.8. The Bertz CT molecular complexity index is 1430. The van der Waals surface area contributed by atoms with Crippen molar-refractivity contribution >= 4 is 41.2 Å². The molecule has 0 aromatic heterocycles. The summed E-state index contributed by atoms with van der Waals surface area (Å²) in [6.07, 6.45) is -6.81. The number of carbonyl (C=O) groups is 5. The number of nitrogens with one attached hydrogen (secondary N) is 4. The van der Waals surface area contributed by atoms with Gasteiger partial charge in [0.25, 0.3) is 5.91 Å². The summed E-state index contributed by atoms with van der Waals surface area (Å²) in [5.41, 5.74) is -0.686. The molecule has 1 saturated carbocycles. The molecular weight excluding hydrogens is 636 g/mol. The standard InChI is InChI=1S/C31H33ClF4N4O6/c32-20-8-4-7-19(16-20)31(35,36)26(17-5-2-1-3-6-17)46-30(45)40-22(11-12-24(33)34)28(43)39-23(15-18-13-14-37-27(18)42)25(41)29(44)38-21-9-10-21/h1-8,16,18,21-24,26H,9-15H2,(H,37,42)(H,38,44)(H,39,43)(H,40,45)/t18-,22-,23-,26-/m0/s1. The third-order valence-corrected chi connectivity index (χ3v) is 7.84. The average Bonchev–Trinajstić information content (AvgIpc) is 3.75. The Morgan fingerprint density at radius 1 is 0.957 bits per heavy atom. The van der Waals surface area contributed by atoms with Gasteiger partial charge in [-0.25, -0.2) is 13.6 Å². The lowest BCUT2D eigenvalue weighted by Crippen LogP contribution is -2.55. The van der Waals surface area contributed by atoms with E-state index in [1.54, 1.807) is 6.07 Å². The minimum Gasteiger partial charge on any atom is -0.434 e. The zero-order chi connectivity index (χ0) is 33.4. The Morgan fingerprint density at radius 2 is 1.67 bits per heavy atom. The van der Waals surface area contributed by atoms with Gasteiger partial charge in [-0.2, -0.15) is 8.78 Å². The third-order valence-electron chi connectivity index (χ3n) is 7.60. The van der Waals surface area contributed by atoms with Gasteiger partial charge in [-0.15, -0.1) is 0 Å². The normalized spacial score (nSPS) is 18.2. The van der Waals surface area contributed by atoms with Gasteiger partial charge in [-0.05, 0) is 49.8 Å². The van der Waals surface area contributed by atoms with E-state index in [2.05, 4.69) is 21.3 Å². The summed E-state index contributed by atoms with van der Waals surface area (Å²) in [6.45, 7) is 0.319. The molecular formula is C31H33ClF4N4O6. The second-order valence-electron chi connectivity index (χ2n) is 11.2. The fourth-order valence-electron chi connectivity index (χ4n) is 4.97. The van der Waals surface area contributed by atoms with Crippen LogP contribution in [-0.2, 0) is 29.8 Å². The van der Waals surface area contributed by atoms with Crippen molar-refractivity contribution in [1.82, 2.24) is 21.3 Å². The van der Waals surface area contributed by atoms with Crippen LogP contribution in [0.15, 0.2) is 54.6 Å². The number of ketones is 1. The molecule has 4 atom stereocenters. The molecule has 1 saturated heterocycles. The van der Waals surface area contributed by atoms with Crippen LogP contribution in [0.1, 0.15) is 55.8 Å². The van der Waals surface area contributed by atoms with Crippen LogP contribution in [-0.4, -0.2) is 60.7 Å². The fourth-order valence-corrected chi connectivity index (χ4v) is 5.16. The van der Waals surface area contributed by atoms with Crippen molar-refractivity contribution in [3.63, 3.8) is 0 Å². The average molecular weight is 669 g/mol. The summed E-state index contributed by atoms with van der Waals surface area (Å²) in [6, 6.07) is 8.27. The Labute approximate surface area is 266 Å². The first-order valence-electron chi connectivity index (χ1n) is 14.7. The van der Waals surface area contributed by atoms with Crippen molar-refractivity contribution in [2.45, 2.75) is 75.1 Å². The first-order chi connectivity index (χ1) is 21.8. The van der Waals surface area contributed by atoms with E-state index in [0.717, 1.165) is 12.1 Å². The number of alkyl carbamates (subject to hydrolysis) is 1. The smallest absolute Gasteiger partial charge is 0.408 e. The van der Waals surface area contributed by atoms with E-state index >= 15 is 8.78 Å². The lowest BCUT2D eigenvalue weighted by Gasteiger charge is -2.29. The largest absolute Gasteiger partial charge is 0.434 e. The van der Waals surface area contributed by atoms with E-state index in [1.807, 2.05) is 0 Å². The molecule has 2 aliphatic rings. The lowest BCUT2D eigenvalue weighted by atomic mass is 9.95. The molecule has 0 unspecified atom stereocenters. The van der Waals surface area contributed by atoms with Crippen LogP contribution in [0.3, 0.4) is 0 Å². The fraction of sp³-hybridized carbons (Fsp3) is 0.452. The molecule has 0 radical (unpaired) electrons. The summed E-state index contributed by atoms with van der Waals surface area (Å²) in [5, 5.41) is 9.47. The summed E-state index contributed by atoms with van der Waals surface area (Å²) in [7, 11) is 0. The molecule has 1 aliphatic carbocycles. The molecule has 1 heterocycles. The van der Waals surface area contributed by atoms with Crippen LogP contribution in [0.5, 0.6) is 0 Å². The monoisotopic (exact) mass is 668 g/mol. The van der Waals surface area contributed by atoms with E-state index < -0.39 is 84.5 Å². The van der Waals surface area contributed by atoms with Crippen LogP contribution < -0.4 is 21.3 Å². The van der Waals surface area contributed by atoms with E-state index in [0.29, 0.717) is 25.8 Å². The van der Waals surface area contributed by atoms with Gasteiger partial charge in [-0.3, -0.25) is 19.2 Å². The topological polar surface area (TPSA) is 143 Å². The van der Waals surface area contributed by atoms with Crippen molar-refractivity contribution in [3.8, 4) is 0 Å². The SMILES string of the molecule is O=C(N[C@@H](CCC(F)F)C(=O)N[C@@H](C[C@@H]1CCNC1=O)C(=O)C(=O)NC1CC1)O[C@@H](c1ccccc1)C(F)(F)c1cccc(Cl)c1. The third kappa shape index (κ3) is 9.41. The number of alkyl halides is 4. The van der Waals surface area contributed by atoms with E-state index in [1.165, 1.54) is 36.4 Å². The number of amides is 4. The molecule has 2 aromatic carbocycles. The summed E-state index contributed by atoms with van der Waals surface area (Å²) in [4.78, 5) is 64.2. The first-order valence-corrected chi connectivity index (χ1v) is 15.1. The predicted octanol–water partition coefficient (Wildman–Crippen LogP) is 4.17. The highest BCUT2D eigenvalue weighted by Gasteiger charge is 2.46. The quantitative estimate of drug-likeness (QED) is 0.166. The summed E-state index contributed by atoms with van der Waals surface area (Å²) < 4.78 is 63.2. The van der Waals surface area contributed by atoms with Crippen molar-refractivity contribution < 1.29 is 46.3 Å². The molecule has 248 valence electrons. The number of Topliss-reactive ketones (excluding diaryl/α,β-unsaturated/α-hetero) is 1. The second kappa shape index (κ2) is 15.4. The maximum Gasteiger partial charge on any atom is 0.408 e. The Kier molecular flexibility index (Phi) is 11.6. The second-order valence-corrected chi connectivity index (χ2v) is 11.6. The number of ether oxygens (including phenoxy) is 1. The highest BCUT2D eigenvalue weighted by atomic mass is 35.5. The Morgan fingerprint density at radius 3 is 2.28 bits per heavy atom. The number of hydrogen-bond acceptors (Lipinski definition) is 6. The molecule has 4 amide bonds. The van der Waals surface area contributed by atoms with Gasteiger partial charge in [0.15, 0.2) is 6.10 Å². The lowest BCUT2D eigenvalue weighted by molar-refractivity contribution is -0.141. The number of carbonyl (C=O) groups excluding carboxylic acids is 5.